The van der Waals surface area contributed by atoms with Crippen molar-refractivity contribution in [3.63, 3.8) is 0 Å². The predicted octanol–water partition coefficient (Wildman–Crippen LogP) is 4.25. The lowest BCUT2D eigenvalue weighted by Gasteiger charge is -2.59. The van der Waals surface area contributed by atoms with Crippen LogP contribution in [0.15, 0.2) is 36.4 Å². The number of ether oxygens (including phenoxy) is 1. The number of Topliss-reactive ketones (excluding diaryl/α,β-unsaturated/α-hetero) is 1. The molecule has 0 aromatic heterocycles. The maximum absolute atomic E-state index is 13.2. The quantitative estimate of drug-likeness (QED) is 0.428. The zero-order valence-corrected chi connectivity index (χ0v) is 18.3. The first-order chi connectivity index (χ1) is 15.4. The highest BCUT2D eigenvalue weighted by atomic mass is 16.6. The second kappa shape index (κ2) is 7.89. The van der Waals surface area contributed by atoms with E-state index in [1.54, 1.807) is 12.1 Å². The number of hydrogen-bond donors (Lipinski definition) is 1. The molecular weight excluding hydrogens is 408 g/mol. The van der Waals surface area contributed by atoms with Crippen molar-refractivity contribution in [1.29, 1.82) is 0 Å². The normalized spacial score (nSPS) is 26.7. The van der Waals surface area contributed by atoms with Crippen LogP contribution >= 0.6 is 0 Å². The molecule has 1 saturated carbocycles. The first-order valence-electron chi connectivity index (χ1n) is 11.3. The number of aromatic hydroxyl groups is 1. The van der Waals surface area contributed by atoms with E-state index in [0.29, 0.717) is 17.2 Å². The fourth-order valence-corrected chi connectivity index (χ4v) is 6.55. The Balaban J connectivity index is 1.43. The molecule has 0 amide bonds. The lowest BCUT2D eigenvalue weighted by atomic mass is 9.52. The highest BCUT2D eigenvalue weighted by Gasteiger charge is 2.53. The predicted molar refractivity (Wildman–Crippen MR) is 119 cm³/mol. The molecule has 32 heavy (non-hydrogen) atoms. The highest BCUT2D eigenvalue weighted by molar-refractivity contribution is 5.98. The molecule has 2 aliphatic carbocycles. The Morgan fingerprint density at radius 1 is 1.25 bits per heavy atom. The van der Waals surface area contributed by atoms with Gasteiger partial charge in [-0.3, -0.25) is 19.8 Å². The summed E-state index contributed by atoms with van der Waals surface area (Å²) in [4.78, 5) is 26.3. The first kappa shape index (κ1) is 20.9. The van der Waals surface area contributed by atoms with Crippen molar-refractivity contribution in [2.24, 2.45) is 5.92 Å². The number of carbonyl (C=O) groups excluding carboxylic acids is 1. The van der Waals surface area contributed by atoms with Crippen LogP contribution < -0.4 is 4.74 Å². The van der Waals surface area contributed by atoms with Crippen molar-refractivity contribution in [1.82, 2.24) is 4.90 Å². The van der Waals surface area contributed by atoms with Crippen LogP contribution in [0.3, 0.4) is 0 Å². The molecule has 7 nitrogen and oxygen atoms in total. The molecular formula is C25H28N2O5. The molecule has 0 unspecified atom stereocenters. The summed E-state index contributed by atoms with van der Waals surface area (Å²) in [5, 5.41) is 21.5. The van der Waals surface area contributed by atoms with Crippen molar-refractivity contribution >= 4 is 11.5 Å². The van der Waals surface area contributed by atoms with Crippen molar-refractivity contribution in [2.45, 2.75) is 50.0 Å². The van der Waals surface area contributed by atoms with E-state index in [2.05, 4.69) is 4.90 Å². The molecule has 168 valence electrons. The molecule has 3 atom stereocenters. The number of hydrogen-bond acceptors (Lipinski definition) is 6. The van der Waals surface area contributed by atoms with Crippen LogP contribution in [-0.2, 0) is 11.8 Å². The molecule has 0 spiro atoms. The summed E-state index contributed by atoms with van der Waals surface area (Å²) >= 11 is 0. The van der Waals surface area contributed by atoms with Crippen molar-refractivity contribution in [3.8, 4) is 11.5 Å². The number of likely N-dealkylation sites (tertiary alicyclic amines) is 1. The molecule has 3 aliphatic rings. The van der Waals surface area contributed by atoms with E-state index in [-0.39, 0.29) is 35.2 Å². The Labute approximate surface area is 187 Å². The zero-order chi connectivity index (χ0) is 22.5. The van der Waals surface area contributed by atoms with Gasteiger partial charge in [-0.2, -0.15) is 0 Å². The standard InChI is InChI=1S/C25H28N2O5/c1-32-24-8-6-17(13-22(24)27(30)31)23(29)15-26-11-10-25-9-3-2-4-19(25)21(26)12-16-5-7-18(28)14-20(16)25/h5-8,13-14,19,21,28H,2-4,9-12,15H2,1H3/t19-,21+,25-/m0/s1. The van der Waals surface area contributed by atoms with Crippen molar-refractivity contribution in [3.05, 3.63) is 63.2 Å². The molecule has 2 aromatic rings. The molecule has 0 radical (unpaired) electrons. The van der Waals surface area contributed by atoms with E-state index >= 15 is 0 Å². The maximum Gasteiger partial charge on any atom is 0.311 e. The summed E-state index contributed by atoms with van der Waals surface area (Å²) in [5.41, 5.74) is 2.85. The van der Waals surface area contributed by atoms with E-state index in [1.165, 1.54) is 43.2 Å². The fraction of sp³-hybridized carbons (Fsp3) is 0.480. The van der Waals surface area contributed by atoms with E-state index in [4.69, 9.17) is 4.74 Å². The minimum Gasteiger partial charge on any atom is -0.508 e. The fourth-order valence-electron chi connectivity index (χ4n) is 6.55. The third-order valence-electron chi connectivity index (χ3n) is 7.98. The number of ketones is 1. The SMILES string of the molecule is COc1ccc(C(=O)CN2CC[C@@]34CCCC[C@H]3[C@H]2Cc2ccc(O)cc24)cc1[N+](=O)[O-]. The van der Waals surface area contributed by atoms with Crippen LogP contribution in [0.1, 0.15) is 53.6 Å². The first-order valence-corrected chi connectivity index (χ1v) is 11.3. The highest BCUT2D eigenvalue weighted by Crippen LogP contribution is 2.56. The molecule has 1 aliphatic heterocycles. The third-order valence-corrected chi connectivity index (χ3v) is 7.98. The lowest BCUT2D eigenvalue weighted by Crippen LogP contribution is -2.61. The van der Waals surface area contributed by atoms with Crippen LogP contribution in [0.2, 0.25) is 0 Å². The van der Waals surface area contributed by atoms with E-state index < -0.39 is 4.92 Å². The monoisotopic (exact) mass is 436 g/mol. The second-order valence-electron chi connectivity index (χ2n) is 9.41. The zero-order valence-electron chi connectivity index (χ0n) is 18.3. The number of nitrogens with zero attached hydrogens (tertiary/aromatic N) is 2. The van der Waals surface area contributed by atoms with Crippen molar-refractivity contribution in [2.75, 3.05) is 20.2 Å². The number of phenolic OH excluding ortho intramolecular Hbond substituents is 1. The number of phenols is 1. The van der Waals surface area contributed by atoms with Gasteiger partial charge in [-0.15, -0.1) is 0 Å². The Morgan fingerprint density at radius 2 is 2.09 bits per heavy atom. The van der Waals surface area contributed by atoms with Gasteiger partial charge in [0.1, 0.15) is 5.75 Å². The Kier molecular flexibility index (Phi) is 5.16. The number of piperidine rings is 1. The van der Waals surface area contributed by atoms with Gasteiger partial charge in [0.15, 0.2) is 11.5 Å². The number of rotatable bonds is 5. The van der Waals surface area contributed by atoms with Crippen LogP contribution in [0.4, 0.5) is 5.69 Å². The summed E-state index contributed by atoms with van der Waals surface area (Å²) in [6.45, 7) is 1.08. The topological polar surface area (TPSA) is 92.9 Å². The summed E-state index contributed by atoms with van der Waals surface area (Å²) in [7, 11) is 1.38. The summed E-state index contributed by atoms with van der Waals surface area (Å²) in [5.74, 6) is 0.858. The number of nitro benzene ring substituents is 1. The molecule has 1 heterocycles. The number of benzene rings is 2. The van der Waals surface area contributed by atoms with Gasteiger partial charge in [-0.1, -0.05) is 18.9 Å². The number of methoxy groups -OCH3 is 1. The van der Waals surface area contributed by atoms with Gasteiger partial charge in [0.2, 0.25) is 0 Å². The maximum atomic E-state index is 13.2. The van der Waals surface area contributed by atoms with E-state index in [0.717, 1.165) is 32.2 Å². The van der Waals surface area contributed by atoms with E-state index in [9.17, 15) is 20.0 Å². The number of nitro groups is 1. The Hall–Kier alpha value is -2.93. The molecule has 1 saturated heterocycles. The van der Waals surface area contributed by atoms with Gasteiger partial charge < -0.3 is 9.84 Å². The summed E-state index contributed by atoms with van der Waals surface area (Å²) in [6.07, 6.45) is 6.52. The Bertz CT molecular complexity index is 1080. The number of carbonyl (C=O) groups is 1. The third kappa shape index (κ3) is 3.26. The Morgan fingerprint density at radius 3 is 2.88 bits per heavy atom. The van der Waals surface area contributed by atoms with Gasteiger partial charge in [0.25, 0.3) is 0 Å². The van der Waals surface area contributed by atoms with E-state index in [1.807, 2.05) is 12.1 Å². The van der Waals surface area contributed by atoms with Crippen LogP contribution in [-0.4, -0.2) is 47.0 Å². The lowest BCUT2D eigenvalue weighted by molar-refractivity contribution is -0.385. The number of fused-ring (bicyclic) bond motifs is 1. The largest absolute Gasteiger partial charge is 0.508 e. The van der Waals surface area contributed by atoms with Gasteiger partial charge in [-0.25, -0.2) is 0 Å². The molecule has 2 bridgehead atoms. The average Bonchev–Trinajstić information content (AvgIpc) is 2.80. The van der Waals surface area contributed by atoms with Gasteiger partial charge in [0, 0.05) is 23.1 Å². The van der Waals surface area contributed by atoms with Crippen LogP contribution in [0.5, 0.6) is 11.5 Å². The molecule has 2 aromatic carbocycles. The molecule has 7 heteroatoms. The molecule has 1 N–H and O–H groups in total. The van der Waals surface area contributed by atoms with Crippen LogP contribution in [0.25, 0.3) is 0 Å². The van der Waals surface area contributed by atoms with Crippen LogP contribution in [0, 0.1) is 16.0 Å². The second-order valence-corrected chi connectivity index (χ2v) is 9.41. The minimum atomic E-state index is -0.514. The molecule has 2 fully saturated rings. The smallest absolute Gasteiger partial charge is 0.311 e. The molecule has 5 rings (SSSR count). The van der Waals surface area contributed by atoms with Gasteiger partial charge >= 0.3 is 5.69 Å². The van der Waals surface area contributed by atoms with Crippen molar-refractivity contribution < 1.29 is 19.6 Å². The van der Waals surface area contributed by atoms with Gasteiger partial charge in [0.05, 0.1) is 18.6 Å². The van der Waals surface area contributed by atoms with Gasteiger partial charge in [-0.05, 0) is 73.5 Å². The average molecular weight is 437 g/mol. The summed E-state index contributed by atoms with van der Waals surface area (Å²) < 4.78 is 5.06. The minimum absolute atomic E-state index is 0.0910. The summed E-state index contributed by atoms with van der Waals surface area (Å²) in [6, 6.07) is 10.5.